The predicted molar refractivity (Wildman–Crippen MR) is 83.5 cm³/mol. The molecule has 3 aromatic rings. The molecule has 2 aromatic carbocycles. The van der Waals surface area contributed by atoms with Gasteiger partial charge in [0.05, 0.1) is 28.2 Å². The highest BCUT2D eigenvalue weighted by molar-refractivity contribution is 6.33. The third-order valence-electron chi connectivity index (χ3n) is 3.22. The number of benzene rings is 2. The number of nitrogens with one attached hydrogen (secondary N) is 2. The van der Waals surface area contributed by atoms with Crippen molar-refractivity contribution in [3.05, 3.63) is 64.4 Å². The number of aryl methyl sites for hydroxylation is 1. The first kappa shape index (κ1) is 13.6. The Morgan fingerprint density at radius 2 is 2.10 bits per heavy atom. The van der Waals surface area contributed by atoms with Crippen molar-refractivity contribution >= 4 is 28.5 Å². The summed E-state index contributed by atoms with van der Waals surface area (Å²) in [6, 6.07) is 13.1. The number of halogens is 1. The van der Waals surface area contributed by atoms with Crippen LogP contribution < -0.4 is 5.32 Å². The molecule has 0 radical (unpaired) electrons. The molecule has 1 aromatic heterocycles. The van der Waals surface area contributed by atoms with Crippen LogP contribution in [0.4, 0.5) is 0 Å². The summed E-state index contributed by atoms with van der Waals surface area (Å²) >= 11 is 6.09. The Morgan fingerprint density at radius 3 is 2.86 bits per heavy atom. The summed E-state index contributed by atoms with van der Waals surface area (Å²) in [4.78, 5) is 19.7. The van der Waals surface area contributed by atoms with E-state index in [0.717, 1.165) is 16.6 Å². The van der Waals surface area contributed by atoms with Crippen molar-refractivity contribution in [3.8, 4) is 0 Å². The van der Waals surface area contributed by atoms with E-state index >= 15 is 0 Å². The molecule has 0 spiro atoms. The van der Waals surface area contributed by atoms with E-state index in [-0.39, 0.29) is 5.91 Å². The van der Waals surface area contributed by atoms with Crippen molar-refractivity contribution in [1.29, 1.82) is 0 Å². The highest BCUT2D eigenvalue weighted by atomic mass is 35.5. The monoisotopic (exact) mass is 299 g/mol. The first-order chi connectivity index (χ1) is 10.1. The van der Waals surface area contributed by atoms with Gasteiger partial charge in [-0.25, -0.2) is 4.98 Å². The van der Waals surface area contributed by atoms with E-state index in [0.29, 0.717) is 23.0 Å². The van der Waals surface area contributed by atoms with Crippen LogP contribution >= 0.6 is 11.6 Å². The van der Waals surface area contributed by atoms with Gasteiger partial charge in [0.15, 0.2) is 0 Å². The Bertz CT molecular complexity index is 777. The second kappa shape index (κ2) is 5.58. The Labute approximate surface area is 127 Å². The average Bonchev–Trinajstić information content (AvgIpc) is 2.87. The molecule has 106 valence electrons. The highest BCUT2D eigenvalue weighted by Crippen LogP contribution is 2.17. The third-order valence-corrected chi connectivity index (χ3v) is 3.54. The molecule has 0 aliphatic heterocycles. The molecule has 0 bridgehead atoms. The van der Waals surface area contributed by atoms with Crippen LogP contribution in [0.5, 0.6) is 0 Å². The maximum atomic E-state index is 12.1. The van der Waals surface area contributed by atoms with Gasteiger partial charge in [-0.2, -0.15) is 0 Å². The smallest absolute Gasteiger partial charge is 0.253 e. The van der Waals surface area contributed by atoms with Gasteiger partial charge in [-0.15, -0.1) is 0 Å². The van der Waals surface area contributed by atoms with Crippen LogP contribution in [0.15, 0.2) is 42.5 Å². The number of aromatic nitrogens is 2. The van der Waals surface area contributed by atoms with Gasteiger partial charge in [0.25, 0.3) is 5.91 Å². The van der Waals surface area contributed by atoms with Gasteiger partial charge in [-0.3, -0.25) is 4.79 Å². The number of aromatic amines is 1. The summed E-state index contributed by atoms with van der Waals surface area (Å²) in [5.41, 5.74) is 3.33. The fraction of sp³-hybridized carbons (Fsp3) is 0.125. The van der Waals surface area contributed by atoms with Crippen LogP contribution in [0.1, 0.15) is 21.7 Å². The van der Waals surface area contributed by atoms with Crippen molar-refractivity contribution < 1.29 is 4.79 Å². The molecule has 1 heterocycles. The average molecular weight is 300 g/mol. The predicted octanol–water partition coefficient (Wildman–Crippen LogP) is 3.45. The van der Waals surface area contributed by atoms with Gasteiger partial charge in [0, 0.05) is 0 Å². The molecule has 0 saturated heterocycles. The molecule has 4 nitrogen and oxygen atoms in total. The standard InChI is InChI=1S/C16H14ClN3O/c1-10-6-7-11(12(17)8-10)16(21)18-9-15-19-13-4-2-3-5-14(13)20-15/h2-8H,9H2,1H3,(H,18,21)(H,19,20). The largest absolute Gasteiger partial charge is 0.345 e. The van der Waals surface area contributed by atoms with E-state index in [2.05, 4.69) is 15.3 Å². The molecule has 0 aliphatic carbocycles. The number of carbonyl (C=O) groups is 1. The molecule has 3 rings (SSSR count). The molecular formula is C16H14ClN3O. The molecule has 0 aliphatic rings. The zero-order valence-corrected chi connectivity index (χ0v) is 12.2. The van der Waals surface area contributed by atoms with Crippen molar-refractivity contribution in [2.45, 2.75) is 13.5 Å². The Balaban J connectivity index is 1.73. The number of carbonyl (C=O) groups excluding carboxylic acids is 1. The van der Waals surface area contributed by atoms with Crippen molar-refractivity contribution in [3.63, 3.8) is 0 Å². The zero-order valence-electron chi connectivity index (χ0n) is 11.5. The van der Waals surface area contributed by atoms with Crippen LogP contribution in [0, 0.1) is 6.92 Å². The van der Waals surface area contributed by atoms with Crippen molar-refractivity contribution in [2.24, 2.45) is 0 Å². The number of fused-ring (bicyclic) bond motifs is 1. The summed E-state index contributed by atoms with van der Waals surface area (Å²) in [6.45, 7) is 2.26. The number of para-hydroxylation sites is 2. The van der Waals surface area contributed by atoms with Crippen LogP contribution in [0.25, 0.3) is 11.0 Å². The van der Waals surface area contributed by atoms with E-state index in [1.54, 1.807) is 12.1 Å². The van der Waals surface area contributed by atoms with E-state index in [1.807, 2.05) is 37.3 Å². The second-order valence-electron chi connectivity index (χ2n) is 4.87. The third kappa shape index (κ3) is 2.90. The van der Waals surface area contributed by atoms with Gasteiger partial charge >= 0.3 is 0 Å². The molecule has 2 N–H and O–H groups in total. The van der Waals surface area contributed by atoms with Crippen LogP contribution in [-0.2, 0) is 6.54 Å². The SMILES string of the molecule is Cc1ccc(C(=O)NCc2nc3ccccc3[nH]2)c(Cl)c1. The summed E-state index contributed by atoms with van der Waals surface area (Å²) in [7, 11) is 0. The van der Waals surface area contributed by atoms with Crippen molar-refractivity contribution in [2.75, 3.05) is 0 Å². The number of nitrogens with zero attached hydrogens (tertiary/aromatic N) is 1. The molecule has 0 saturated carbocycles. The normalized spacial score (nSPS) is 10.8. The first-order valence-corrected chi connectivity index (χ1v) is 6.99. The minimum absolute atomic E-state index is 0.208. The second-order valence-corrected chi connectivity index (χ2v) is 5.27. The minimum Gasteiger partial charge on any atom is -0.345 e. The fourth-order valence-electron chi connectivity index (χ4n) is 2.15. The number of hydrogen-bond acceptors (Lipinski definition) is 2. The van der Waals surface area contributed by atoms with Gasteiger partial charge < -0.3 is 10.3 Å². The summed E-state index contributed by atoms with van der Waals surface area (Å²) < 4.78 is 0. The van der Waals surface area contributed by atoms with E-state index < -0.39 is 0 Å². The minimum atomic E-state index is -0.208. The maximum absolute atomic E-state index is 12.1. The van der Waals surface area contributed by atoms with Gasteiger partial charge in [0.1, 0.15) is 5.82 Å². The van der Waals surface area contributed by atoms with Gasteiger partial charge in [0.2, 0.25) is 0 Å². The van der Waals surface area contributed by atoms with Crippen LogP contribution in [0.3, 0.4) is 0 Å². The Morgan fingerprint density at radius 1 is 1.29 bits per heavy atom. The summed E-state index contributed by atoms with van der Waals surface area (Å²) in [5, 5.41) is 3.28. The molecular weight excluding hydrogens is 286 g/mol. The molecule has 0 atom stereocenters. The molecule has 21 heavy (non-hydrogen) atoms. The number of hydrogen-bond donors (Lipinski definition) is 2. The van der Waals surface area contributed by atoms with E-state index in [1.165, 1.54) is 0 Å². The highest BCUT2D eigenvalue weighted by Gasteiger charge is 2.11. The number of amides is 1. The molecule has 0 fully saturated rings. The number of imidazole rings is 1. The first-order valence-electron chi connectivity index (χ1n) is 6.61. The summed E-state index contributed by atoms with van der Waals surface area (Å²) in [6.07, 6.45) is 0. The van der Waals surface area contributed by atoms with Gasteiger partial charge in [-0.05, 0) is 36.8 Å². The lowest BCUT2D eigenvalue weighted by atomic mass is 10.1. The Hall–Kier alpha value is -2.33. The lowest BCUT2D eigenvalue weighted by molar-refractivity contribution is 0.0950. The maximum Gasteiger partial charge on any atom is 0.253 e. The summed E-state index contributed by atoms with van der Waals surface area (Å²) in [5.74, 6) is 0.508. The lowest BCUT2D eigenvalue weighted by Gasteiger charge is -2.06. The molecule has 0 unspecified atom stereocenters. The fourth-order valence-corrected chi connectivity index (χ4v) is 2.47. The number of rotatable bonds is 3. The lowest BCUT2D eigenvalue weighted by Crippen LogP contribution is -2.23. The number of H-pyrrole nitrogens is 1. The van der Waals surface area contributed by atoms with Gasteiger partial charge in [-0.1, -0.05) is 29.8 Å². The Kier molecular flexibility index (Phi) is 3.62. The molecule has 5 heteroatoms. The van der Waals surface area contributed by atoms with E-state index in [9.17, 15) is 4.79 Å². The van der Waals surface area contributed by atoms with E-state index in [4.69, 9.17) is 11.6 Å². The van der Waals surface area contributed by atoms with Crippen LogP contribution in [0.2, 0.25) is 5.02 Å². The molecule has 1 amide bonds. The van der Waals surface area contributed by atoms with Crippen LogP contribution in [-0.4, -0.2) is 15.9 Å². The quantitative estimate of drug-likeness (QED) is 0.778. The zero-order chi connectivity index (χ0) is 14.8. The topological polar surface area (TPSA) is 57.8 Å². The van der Waals surface area contributed by atoms with Crippen molar-refractivity contribution in [1.82, 2.24) is 15.3 Å².